The molecule has 0 radical (unpaired) electrons. The maximum absolute atomic E-state index is 11.9. The number of ether oxygens (including phenoxy) is 2. The van der Waals surface area contributed by atoms with E-state index in [4.69, 9.17) is 9.47 Å². The Labute approximate surface area is 124 Å². The zero-order chi connectivity index (χ0) is 14.9. The normalized spacial score (nSPS) is 22.2. The fraction of sp³-hybridized carbons (Fsp3) is 0.769. The predicted octanol–water partition coefficient (Wildman–Crippen LogP) is 0.225. The van der Waals surface area contributed by atoms with Gasteiger partial charge in [0, 0.05) is 19.9 Å². The summed E-state index contributed by atoms with van der Waals surface area (Å²) in [6.07, 6.45) is 4.04. The third-order valence-corrected chi connectivity index (χ3v) is 5.74. The Balaban J connectivity index is 1.66. The van der Waals surface area contributed by atoms with Crippen LogP contribution in [0.3, 0.4) is 0 Å². The molecule has 2 heterocycles. The number of nitrogens with zero attached hydrogens (tertiary/aromatic N) is 2. The highest BCUT2D eigenvalue weighted by Crippen LogP contribution is 2.29. The number of aromatic nitrogens is 2. The van der Waals surface area contributed by atoms with Crippen molar-refractivity contribution in [2.45, 2.75) is 37.2 Å². The van der Waals surface area contributed by atoms with Crippen LogP contribution in [-0.4, -0.2) is 50.3 Å². The minimum Gasteiger partial charge on any atom is -0.383 e. The first-order chi connectivity index (χ1) is 10.1. The Hall–Kier alpha value is -0.960. The average Bonchev–Trinajstić information content (AvgIpc) is 3.24. The zero-order valence-corrected chi connectivity index (χ0v) is 12.9. The van der Waals surface area contributed by atoms with Gasteiger partial charge in [-0.15, -0.1) is 0 Å². The molecule has 2 aliphatic rings. The molecule has 1 saturated carbocycles. The molecule has 0 bridgehead atoms. The Bertz CT molecular complexity index is 595. The van der Waals surface area contributed by atoms with Gasteiger partial charge in [-0.3, -0.25) is 4.68 Å². The Morgan fingerprint density at radius 2 is 2.33 bits per heavy atom. The molecule has 1 fully saturated rings. The van der Waals surface area contributed by atoms with Crippen molar-refractivity contribution in [2.75, 3.05) is 26.9 Å². The van der Waals surface area contributed by atoms with Crippen molar-refractivity contribution in [3.63, 3.8) is 0 Å². The van der Waals surface area contributed by atoms with Gasteiger partial charge in [0.1, 0.15) is 6.10 Å². The molecule has 1 aliphatic heterocycles. The van der Waals surface area contributed by atoms with E-state index in [-0.39, 0.29) is 17.9 Å². The molecule has 1 atom stereocenters. The van der Waals surface area contributed by atoms with Crippen LogP contribution in [0.1, 0.15) is 30.2 Å². The van der Waals surface area contributed by atoms with Crippen LogP contribution in [0, 0.1) is 0 Å². The number of hydrogen-bond acceptors (Lipinski definition) is 5. The van der Waals surface area contributed by atoms with E-state index in [1.54, 1.807) is 7.11 Å². The van der Waals surface area contributed by atoms with Gasteiger partial charge in [-0.2, -0.15) is 5.10 Å². The maximum Gasteiger partial charge on any atom is 0.214 e. The number of methoxy groups -OCH3 is 1. The summed E-state index contributed by atoms with van der Waals surface area (Å²) in [6, 6.07) is 0. The van der Waals surface area contributed by atoms with Gasteiger partial charge in [0.05, 0.1) is 30.7 Å². The summed E-state index contributed by atoms with van der Waals surface area (Å²) in [4.78, 5) is 0. The van der Waals surface area contributed by atoms with Crippen LogP contribution >= 0.6 is 0 Å². The lowest BCUT2D eigenvalue weighted by Gasteiger charge is -2.22. The van der Waals surface area contributed by atoms with Crippen LogP contribution in [0.25, 0.3) is 0 Å². The second kappa shape index (κ2) is 6.04. The second-order valence-corrected chi connectivity index (χ2v) is 7.54. The Morgan fingerprint density at radius 3 is 3.05 bits per heavy atom. The molecule has 0 unspecified atom stereocenters. The second-order valence-electron chi connectivity index (χ2n) is 5.50. The SMILES string of the molecule is COCCn1cc2c(n1)[C@@H](CNS(=O)(=O)C1CC1)OCC2. The largest absolute Gasteiger partial charge is 0.383 e. The molecule has 1 N–H and O–H groups in total. The first-order valence-corrected chi connectivity index (χ1v) is 8.80. The minimum absolute atomic E-state index is 0.208. The highest BCUT2D eigenvalue weighted by atomic mass is 32.2. The van der Waals surface area contributed by atoms with Crippen molar-refractivity contribution >= 4 is 10.0 Å². The lowest BCUT2D eigenvalue weighted by molar-refractivity contribution is 0.0429. The third kappa shape index (κ3) is 3.45. The van der Waals surface area contributed by atoms with Gasteiger partial charge in [-0.25, -0.2) is 13.1 Å². The number of sulfonamides is 1. The van der Waals surface area contributed by atoms with Gasteiger partial charge in [-0.1, -0.05) is 0 Å². The predicted molar refractivity (Wildman–Crippen MR) is 76.4 cm³/mol. The van der Waals surface area contributed by atoms with Crippen LogP contribution in [0.15, 0.2) is 6.20 Å². The van der Waals surface area contributed by atoms with Crippen molar-refractivity contribution in [1.82, 2.24) is 14.5 Å². The molecule has 3 rings (SSSR count). The minimum atomic E-state index is -3.18. The van der Waals surface area contributed by atoms with E-state index < -0.39 is 10.0 Å². The first-order valence-electron chi connectivity index (χ1n) is 7.25. The van der Waals surface area contributed by atoms with Crippen LogP contribution in [0.2, 0.25) is 0 Å². The first kappa shape index (κ1) is 15.0. The van der Waals surface area contributed by atoms with Crippen LogP contribution < -0.4 is 4.72 Å². The molecule has 21 heavy (non-hydrogen) atoms. The van der Waals surface area contributed by atoms with Crippen molar-refractivity contribution in [3.05, 3.63) is 17.5 Å². The van der Waals surface area contributed by atoms with Gasteiger partial charge in [0.25, 0.3) is 0 Å². The van der Waals surface area contributed by atoms with Crippen LogP contribution in [-0.2, 0) is 32.5 Å². The highest BCUT2D eigenvalue weighted by Gasteiger charge is 2.36. The molecule has 0 amide bonds. The molecule has 118 valence electrons. The standard InChI is InChI=1S/C13H21N3O4S/c1-19-7-5-16-9-10-4-6-20-12(13(10)15-16)8-14-21(17,18)11-2-3-11/h9,11-12,14H,2-8H2,1H3/t12-/m1/s1. The summed E-state index contributed by atoms with van der Waals surface area (Å²) in [5, 5.41) is 4.30. The fourth-order valence-corrected chi connectivity index (χ4v) is 3.85. The van der Waals surface area contributed by atoms with Gasteiger partial charge in [0.2, 0.25) is 10.0 Å². The van der Waals surface area contributed by atoms with E-state index in [2.05, 4.69) is 9.82 Å². The molecule has 1 aromatic rings. The van der Waals surface area contributed by atoms with E-state index in [1.807, 2.05) is 10.9 Å². The Kier molecular flexibility index (Phi) is 4.30. The number of rotatable bonds is 7. The molecule has 1 aromatic heterocycles. The molecular weight excluding hydrogens is 294 g/mol. The zero-order valence-electron chi connectivity index (χ0n) is 12.1. The van der Waals surface area contributed by atoms with E-state index >= 15 is 0 Å². The van der Waals surface area contributed by atoms with Gasteiger partial charge < -0.3 is 9.47 Å². The molecule has 1 aliphatic carbocycles. The quantitative estimate of drug-likeness (QED) is 0.778. The van der Waals surface area contributed by atoms with Crippen LogP contribution in [0.5, 0.6) is 0 Å². The summed E-state index contributed by atoms with van der Waals surface area (Å²) in [6.45, 7) is 2.14. The number of hydrogen-bond donors (Lipinski definition) is 1. The number of fused-ring (bicyclic) bond motifs is 1. The lowest BCUT2D eigenvalue weighted by Crippen LogP contribution is -2.33. The summed E-state index contributed by atoms with van der Waals surface area (Å²) in [5.74, 6) is 0. The highest BCUT2D eigenvalue weighted by molar-refractivity contribution is 7.90. The molecule has 0 saturated heterocycles. The molecule has 0 spiro atoms. The summed E-state index contributed by atoms with van der Waals surface area (Å²) in [7, 11) is -1.53. The van der Waals surface area contributed by atoms with E-state index in [9.17, 15) is 8.42 Å². The molecule has 0 aromatic carbocycles. The summed E-state index contributed by atoms with van der Waals surface area (Å²) in [5.41, 5.74) is 1.98. The molecule has 7 nitrogen and oxygen atoms in total. The van der Waals surface area contributed by atoms with E-state index in [0.717, 1.165) is 30.5 Å². The third-order valence-electron chi connectivity index (χ3n) is 3.82. The lowest BCUT2D eigenvalue weighted by atomic mass is 10.1. The van der Waals surface area contributed by atoms with Crippen molar-refractivity contribution in [2.24, 2.45) is 0 Å². The fourth-order valence-electron chi connectivity index (χ4n) is 2.47. The monoisotopic (exact) mass is 315 g/mol. The molecule has 8 heteroatoms. The topological polar surface area (TPSA) is 82.5 Å². The smallest absolute Gasteiger partial charge is 0.214 e. The number of nitrogens with one attached hydrogen (secondary N) is 1. The molecular formula is C13H21N3O4S. The van der Waals surface area contributed by atoms with Crippen molar-refractivity contribution in [3.8, 4) is 0 Å². The van der Waals surface area contributed by atoms with E-state index in [1.165, 1.54) is 0 Å². The summed E-state index contributed by atoms with van der Waals surface area (Å²) < 4.78 is 39.0. The summed E-state index contributed by atoms with van der Waals surface area (Å²) >= 11 is 0. The van der Waals surface area contributed by atoms with Gasteiger partial charge in [-0.05, 0) is 24.8 Å². The van der Waals surface area contributed by atoms with Crippen LogP contribution in [0.4, 0.5) is 0 Å². The van der Waals surface area contributed by atoms with Gasteiger partial charge in [0.15, 0.2) is 0 Å². The Morgan fingerprint density at radius 1 is 1.52 bits per heavy atom. The van der Waals surface area contributed by atoms with E-state index in [0.29, 0.717) is 19.8 Å². The maximum atomic E-state index is 11.9. The van der Waals surface area contributed by atoms with Gasteiger partial charge >= 0.3 is 0 Å². The van der Waals surface area contributed by atoms with Crippen molar-refractivity contribution in [1.29, 1.82) is 0 Å². The van der Waals surface area contributed by atoms with Crippen molar-refractivity contribution < 1.29 is 17.9 Å². The average molecular weight is 315 g/mol.